The Labute approximate surface area is 153 Å². The van der Waals surface area contributed by atoms with Crippen LogP contribution in [0.1, 0.15) is 43.7 Å². The summed E-state index contributed by atoms with van der Waals surface area (Å²) in [7, 11) is 0. The van der Waals surface area contributed by atoms with Crippen molar-refractivity contribution in [3.05, 3.63) is 35.7 Å². The first-order valence-corrected chi connectivity index (χ1v) is 9.91. The van der Waals surface area contributed by atoms with E-state index in [2.05, 4.69) is 54.5 Å². The second kappa shape index (κ2) is 8.04. The molecule has 5 nitrogen and oxygen atoms in total. The Hall–Kier alpha value is -1.82. The summed E-state index contributed by atoms with van der Waals surface area (Å²) in [6.07, 6.45) is 6.30. The van der Waals surface area contributed by atoms with E-state index in [4.69, 9.17) is 0 Å². The molecule has 0 bridgehead atoms. The van der Waals surface area contributed by atoms with Crippen molar-refractivity contribution in [2.75, 3.05) is 5.75 Å². The van der Waals surface area contributed by atoms with Crippen molar-refractivity contribution in [2.45, 2.75) is 57.7 Å². The Morgan fingerprint density at radius 3 is 2.72 bits per heavy atom. The first-order valence-electron chi connectivity index (χ1n) is 8.92. The SMILES string of the molecule is Cc1ccc(-n2cnnc2SCC(=O)NC2CCC(C)CC2)cc1C. The molecule has 0 atom stereocenters. The van der Waals surface area contributed by atoms with Gasteiger partial charge in [-0.15, -0.1) is 10.2 Å². The molecule has 1 fully saturated rings. The number of thioether (sulfide) groups is 1. The summed E-state index contributed by atoms with van der Waals surface area (Å²) < 4.78 is 1.94. The lowest BCUT2D eigenvalue weighted by atomic mass is 9.87. The Morgan fingerprint density at radius 1 is 1.24 bits per heavy atom. The van der Waals surface area contributed by atoms with E-state index in [1.165, 1.54) is 35.7 Å². The largest absolute Gasteiger partial charge is 0.353 e. The lowest BCUT2D eigenvalue weighted by Crippen LogP contribution is -2.38. The molecule has 0 radical (unpaired) electrons. The molecule has 0 unspecified atom stereocenters. The predicted octanol–water partition coefficient (Wildman–Crippen LogP) is 3.67. The molecule has 1 N–H and O–H groups in total. The maximum absolute atomic E-state index is 12.2. The minimum atomic E-state index is 0.0826. The monoisotopic (exact) mass is 358 g/mol. The van der Waals surface area contributed by atoms with E-state index < -0.39 is 0 Å². The Morgan fingerprint density at radius 2 is 2.00 bits per heavy atom. The molecule has 0 aliphatic heterocycles. The molecule has 1 aromatic heterocycles. The van der Waals surface area contributed by atoms with E-state index in [1.54, 1.807) is 6.33 Å². The van der Waals surface area contributed by atoms with E-state index in [9.17, 15) is 4.79 Å². The van der Waals surface area contributed by atoms with Crippen LogP contribution in [-0.2, 0) is 4.79 Å². The number of hydrogen-bond acceptors (Lipinski definition) is 4. The maximum Gasteiger partial charge on any atom is 0.230 e. The summed E-state index contributed by atoms with van der Waals surface area (Å²) in [6, 6.07) is 6.60. The molecule has 1 aliphatic rings. The summed E-state index contributed by atoms with van der Waals surface area (Å²) in [5.41, 5.74) is 3.51. The van der Waals surface area contributed by atoms with Crippen molar-refractivity contribution in [1.82, 2.24) is 20.1 Å². The molecule has 0 spiro atoms. The van der Waals surface area contributed by atoms with E-state index in [-0.39, 0.29) is 5.91 Å². The molecule has 0 saturated heterocycles. The molecule has 1 aliphatic carbocycles. The molecule has 6 heteroatoms. The van der Waals surface area contributed by atoms with Crippen LogP contribution in [0, 0.1) is 19.8 Å². The van der Waals surface area contributed by atoms with Crippen LogP contribution in [-0.4, -0.2) is 32.5 Å². The number of aryl methyl sites for hydroxylation is 2. The van der Waals surface area contributed by atoms with Gasteiger partial charge in [0.05, 0.1) is 5.75 Å². The van der Waals surface area contributed by atoms with Crippen molar-refractivity contribution >= 4 is 17.7 Å². The highest BCUT2D eigenvalue weighted by Gasteiger charge is 2.20. The average Bonchev–Trinajstić information content (AvgIpc) is 3.06. The quantitative estimate of drug-likeness (QED) is 0.829. The lowest BCUT2D eigenvalue weighted by Gasteiger charge is -2.26. The number of aromatic nitrogens is 3. The van der Waals surface area contributed by atoms with Gasteiger partial charge < -0.3 is 5.32 Å². The first kappa shape index (κ1) is 18.0. The standard InChI is InChI=1S/C19H26N4OS/c1-13-4-7-16(8-5-13)21-18(24)11-25-19-22-20-12-23(19)17-9-6-14(2)15(3)10-17/h6,9-10,12-13,16H,4-5,7-8,11H2,1-3H3,(H,21,24). The van der Waals surface area contributed by atoms with Crippen LogP contribution in [0.5, 0.6) is 0 Å². The summed E-state index contributed by atoms with van der Waals surface area (Å²) in [5, 5.41) is 12.1. The minimum absolute atomic E-state index is 0.0826. The molecule has 1 aromatic carbocycles. The van der Waals surface area contributed by atoms with E-state index in [1.807, 2.05) is 4.57 Å². The number of hydrogen-bond donors (Lipinski definition) is 1. The predicted molar refractivity (Wildman–Crippen MR) is 101 cm³/mol. The molecule has 2 aromatic rings. The van der Waals surface area contributed by atoms with Gasteiger partial charge in [-0.1, -0.05) is 24.8 Å². The van der Waals surface area contributed by atoms with E-state index in [0.717, 1.165) is 29.6 Å². The van der Waals surface area contributed by atoms with Crippen molar-refractivity contribution in [1.29, 1.82) is 0 Å². The Kier molecular flexibility index (Phi) is 5.78. The van der Waals surface area contributed by atoms with Gasteiger partial charge in [0, 0.05) is 11.7 Å². The van der Waals surface area contributed by atoms with Gasteiger partial charge in [-0.3, -0.25) is 9.36 Å². The van der Waals surface area contributed by atoms with Crippen LogP contribution in [0.25, 0.3) is 5.69 Å². The second-order valence-electron chi connectivity index (χ2n) is 7.07. The number of benzene rings is 1. The lowest BCUT2D eigenvalue weighted by molar-refractivity contribution is -0.119. The number of carbonyl (C=O) groups excluding carboxylic acids is 1. The molecular formula is C19H26N4OS. The van der Waals surface area contributed by atoms with Crippen molar-refractivity contribution < 1.29 is 4.79 Å². The fourth-order valence-electron chi connectivity index (χ4n) is 3.18. The van der Waals surface area contributed by atoms with Crippen LogP contribution in [0.4, 0.5) is 0 Å². The fourth-order valence-corrected chi connectivity index (χ4v) is 3.92. The third-order valence-electron chi connectivity index (χ3n) is 5.00. The maximum atomic E-state index is 12.2. The Balaban J connectivity index is 1.58. The van der Waals surface area contributed by atoms with E-state index in [0.29, 0.717) is 11.8 Å². The molecule has 1 heterocycles. The summed E-state index contributed by atoms with van der Waals surface area (Å²) in [5.74, 6) is 1.24. The van der Waals surface area contributed by atoms with Gasteiger partial charge in [-0.25, -0.2) is 0 Å². The molecule has 3 rings (SSSR count). The van der Waals surface area contributed by atoms with Gasteiger partial charge in [-0.2, -0.15) is 0 Å². The third kappa shape index (κ3) is 4.63. The number of nitrogens with one attached hydrogen (secondary N) is 1. The van der Waals surface area contributed by atoms with Crippen molar-refractivity contribution in [3.8, 4) is 5.69 Å². The zero-order valence-corrected chi connectivity index (χ0v) is 16.0. The van der Waals surface area contributed by atoms with Crippen LogP contribution < -0.4 is 5.32 Å². The van der Waals surface area contributed by atoms with E-state index >= 15 is 0 Å². The van der Waals surface area contributed by atoms with Crippen LogP contribution in [0.2, 0.25) is 0 Å². The van der Waals surface area contributed by atoms with Gasteiger partial charge in [-0.05, 0) is 68.7 Å². The summed E-state index contributed by atoms with van der Waals surface area (Å²) in [6.45, 7) is 6.47. The molecular weight excluding hydrogens is 332 g/mol. The topological polar surface area (TPSA) is 59.8 Å². The molecule has 134 valence electrons. The third-order valence-corrected chi connectivity index (χ3v) is 5.94. The molecule has 1 saturated carbocycles. The molecule has 25 heavy (non-hydrogen) atoms. The average molecular weight is 359 g/mol. The zero-order valence-electron chi connectivity index (χ0n) is 15.2. The highest BCUT2D eigenvalue weighted by Crippen LogP contribution is 2.24. The second-order valence-corrected chi connectivity index (χ2v) is 8.01. The van der Waals surface area contributed by atoms with Gasteiger partial charge in [0.1, 0.15) is 6.33 Å². The minimum Gasteiger partial charge on any atom is -0.353 e. The van der Waals surface area contributed by atoms with Crippen LogP contribution in [0.3, 0.4) is 0 Å². The number of carbonyl (C=O) groups is 1. The van der Waals surface area contributed by atoms with Crippen LogP contribution in [0.15, 0.2) is 29.7 Å². The highest BCUT2D eigenvalue weighted by atomic mass is 32.2. The summed E-state index contributed by atoms with van der Waals surface area (Å²) in [4.78, 5) is 12.2. The Bertz CT molecular complexity index is 735. The normalized spacial score (nSPS) is 20.4. The first-order chi connectivity index (χ1) is 12.0. The number of nitrogens with zero attached hydrogens (tertiary/aromatic N) is 3. The van der Waals surface area contributed by atoms with Gasteiger partial charge in [0.15, 0.2) is 5.16 Å². The van der Waals surface area contributed by atoms with Gasteiger partial charge >= 0.3 is 0 Å². The smallest absolute Gasteiger partial charge is 0.230 e. The van der Waals surface area contributed by atoms with Gasteiger partial charge in [0.2, 0.25) is 5.91 Å². The summed E-state index contributed by atoms with van der Waals surface area (Å²) >= 11 is 1.43. The van der Waals surface area contributed by atoms with Crippen LogP contribution >= 0.6 is 11.8 Å². The zero-order chi connectivity index (χ0) is 17.8. The number of rotatable bonds is 5. The highest BCUT2D eigenvalue weighted by molar-refractivity contribution is 7.99. The number of amides is 1. The van der Waals surface area contributed by atoms with Crippen molar-refractivity contribution in [2.24, 2.45) is 5.92 Å². The molecule has 1 amide bonds. The van der Waals surface area contributed by atoms with Gasteiger partial charge in [0.25, 0.3) is 0 Å². The van der Waals surface area contributed by atoms with Crippen molar-refractivity contribution in [3.63, 3.8) is 0 Å². The fraction of sp³-hybridized carbons (Fsp3) is 0.526.